The van der Waals surface area contributed by atoms with Gasteiger partial charge >= 0.3 is 0 Å². The van der Waals surface area contributed by atoms with Crippen LogP contribution < -0.4 is 10.9 Å². The molecule has 2 rings (SSSR count). The van der Waals surface area contributed by atoms with Gasteiger partial charge in [-0.25, -0.2) is 4.98 Å². The van der Waals surface area contributed by atoms with Crippen molar-refractivity contribution in [2.75, 3.05) is 0 Å². The van der Waals surface area contributed by atoms with E-state index >= 15 is 0 Å². The van der Waals surface area contributed by atoms with Crippen molar-refractivity contribution in [3.63, 3.8) is 0 Å². The number of hydrogen-bond acceptors (Lipinski definition) is 6. The third-order valence-electron chi connectivity index (χ3n) is 4.28. The van der Waals surface area contributed by atoms with Gasteiger partial charge in [-0.1, -0.05) is 31.7 Å². The fourth-order valence-corrected chi connectivity index (χ4v) is 3.90. The molecule has 0 aliphatic carbocycles. The summed E-state index contributed by atoms with van der Waals surface area (Å²) in [6.07, 6.45) is 1.63. The van der Waals surface area contributed by atoms with Crippen LogP contribution in [-0.4, -0.2) is 26.2 Å². The first-order valence-corrected chi connectivity index (χ1v) is 9.98. The molecule has 2 atom stereocenters. The Morgan fingerprint density at radius 1 is 1.58 bits per heavy atom. The maximum Gasteiger partial charge on any atom is 0.263 e. The van der Waals surface area contributed by atoms with Crippen molar-refractivity contribution in [3.8, 4) is 6.07 Å². The molecule has 2 aromatic heterocycles. The maximum atomic E-state index is 12.6. The van der Waals surface area contributed by atoms with E-state index in [0.717, 1.165) is 0 Å². The summed E-state index contributed by atoms with van der Waals surface area (Å²) in [5.41, 5.74) is -1.09. The molecule has 2 unspecified atom stereocenters. The lowest BCUT2D eigenvalue weighted by atomic mass is 9.90. The molecule has 0 radical (unpaired) electrons. The molecule has 0 aliphatic heterocycles. The number of hydrogen-bond donors (Lipinski definition) is 1. The molecule has 0 aromatic carbocycles. The molecule has 1 N–H and O–H groups in total. The number of fused-ring (bicyclic) bond motifs is 1. The zero-order chi connectivity index (χ0) is 19.5. The standard InChI is InChI=1S/C18H22N4O2S2/c1-6-8-22-16(24)13-7-9-25-15(13)20-17(22)26-12(4)14(23)21-18(5,10-19)11(2)3/h6-7,9,11-12H,1,8H2,2-5H3,(H,21,23). The summed E-state index contributed by atoms with van der Waals surface area (Å²) in [7, 11) is 0. The number of thioether (sulfide) groups is 1. The van der Waals surface area contributed by atoms with Gasteiger partial charge in [0.25, 0.3) is 5.56 Å². The predicted octanol–water partition coefficient (Wildman–Crippen LogP) is 3.18. The van der Waals surface area contributed by atoms with Crippen LogP contribution in [0.2, 0.25) is 0 Å². The summed E-state index contributed by atoms with van der Waals surface area (Å²) in [4.78, 5) is 30.4. The van der Waals surface area contributed by atoms with Crippen molar-refractivity contribution in [1.29, 1.82) is 5.26 Å². The zero-order valence-electron chi connectivity index (χ0n) is 15.3. The summed E-state index contributed by atoms with van der Waals surface area (Å²) in [6.45, 7) is 11.2. The molecular formula is C18H22N4O2S2. The second-order valence-corrected chi connectivity index (χ2v) is 8.66. The first-order valence-electron chi connectivity index (χ1n) is 8.22. The van der Waals surface area contributed by atoms with Gasteiger partial charge in [-0.05, 0) is 31.2 Å². The minimum Gasteiger partial charge on any atom is -0.337 e. The van der Waals surface area contributed by atoms with E-state index in [9.17, 15) is 14.9 Å². The molecule has 26 heavy (non-hydrogen) atoms. The van der Waals surface area contributed by atoms with Gasteiger partial charge in [-0.2, -0.15) is 5.26 Å². The van der Waals surface area contributed by atoms with Gasteiger partial charge in [0, 0.05) is 6.54 Å². The Kier molecular flexibility index (Phi) is 6.26. The first kappa shape index (κ1) is 20.2. The molecule has 6 nitrogen and oxygen atoms in total. The van der Waals surface area contributed by atoms with Gasteiger partial charge < -0.3 is 5.32 Å². The van der Waals surface area contributed by atoms with Crippen LogP contribution in [0.25, 0.3) is 10.2 Å². The number of allylic oxidation sites excluding steroid dienone is 1. The largest absolute Gasteiger partial charge is 0.337 e. The van der Waals surface area contributed by atoms with E-state index in [1.807, 2.05) is 19.2 Å². The van der Waals surface area contributed by atoms with Gasteiger partial charge in [0.1, 0.15) is 10.4 Å². The van der Waals surface area contributed by atoms with Gasteiger partial charge in [0.15, 0.2) is 5.16 Å². The first-order chi connectivity index (χ1) is 12.2. The smallest absolute Gasteiger partial charge is 0.263 e. The molecule has 2 heterocycles. The Labute approximate surface area is 160 Å². The van der Waals surface area contributed by atoms with Gasteiger partial charge in [-0.3, -0.25) is 14.2 Å². The van der Waals surface area contributed by atoms with Crippen LogP contribution in [0.15, 0.2) is 34.1 Å². The highest BCUT2D eigenvalue weighted by atomic mass is 32.2. The van der Waals surface area contributed by atoms with Crippen molar-refractivity contribution in [2.45, 2.75) is 50.2 Å². The second-order valence-electron chi connectivity index (χ2n) is 6.46. The minimum atomic E-state index is -0.947. The number of nitrogens with one attached hydrogen (secondary N) is 1. The fourth-order valence-electron chi connectivity index (χ4n) is 2.18. The summed E-state index contributed by atoms with van der Waals surface area (Å²) < 4.78 is 1.52. The highest BCUT2D eigenvalue weighted by Crippen LogP contribution is 2.25. The lowest BCUT2D eigenvalue weighted by Crippen LogP contribution is -2.51. The number of aromatic nitrogens is 2. The van der Waals surface area contributed by atoms with Crippen LogP contribution in [0.5, 0.6) is 0 Å². The molecule has 8 heteroatoms. The van der Waals surface area contributed by atoms with Crippen LogP contribution in [0.4, 0.5) is 0 Å². The van der Waals surface area contributed by atoms with Crippen molar-refractivity contribution in [1.82, 2.24) is 14.9 Å². The highest BCUT2D eigenvalue weighted by molar-refractivity contribution is 8.00. The molecule has 0 aliphatic rings. The van der Waals surface area contributed by atoms with Crippen molar-refractivity contribution >= 4 is 39.2 Å². The summed E-state index contributed by atoms with van der Waals surface area (Å²) >= 11 is 2.59. The van der Waals surface area contributed by atoms with Crippen molar-refractivity contribution < 1.29 is 4.79 Å². The average Bonchev–Trinajstić information content (AvgIpc) is 3.06. The topological polar surface area (TPSA) is 87.8 Å². The van der Waals surface area contributed by atoms with Crippen LogP contribution in [0.1, 0.15) is 27.7 Å². The number of thiophene rings is 1. The van der Waals surface area contributed by atoms with E-state index in [0.29, 0.717) is 21.9 Å². The number of nitriles is 1. The SMILES string of the molecule is C=CCn1c(SC(C)C(=O)NC(C)(C#N)C(C)C)nc2sccc2c1=O. The predicted molar refractivity (Wildman–Crippen MR) is 106 cm³/mol. The van der Waals surface area contributed by atoms with Crippen LogP contribution in [0, 0.1) is 17.2 Å². The molecule has 0 bridgehead atoms. The lowest BCUT2D eigenvalue weighted by Gasteiger charge is -2.28. The zero-order valence-corrected chi connectivity index (χ0v) is 16.9. The van der Waals surface area contributed by atoms with E-state index in [4.69, 9.17) is 0 Å². The molecule has 0 saturated heterocycles. The number of carbonyl (C=O) groups excluding carboxylic acids is 1. The average molecular weight is 391 g/mol. The van der Waals surface area contributed by atoms with E-state index < -0.39 is 10.8 Å². The molecule has 138 valence electrons. The second kappa shape index (κ2) is 8.06. The summed E-state index contributed by atoms with van der Waals surface area (Å²) in [5, 5.41) is 14.5. The van der Waals surface area contributed by atoms with Gasteiger partial charge in [0.2, 0.25) is 5.91 Å². The van der Waals surface area contributed by atoms with Crippen LogP contribution in [0.3, 0.4) is 0 Å². The van der Waals surface area contributed by atoms with E-state index in [-0.39, 0.29) is 17.4 Å². The third kappa shape index (κ3) is 4.00. The Morgan fingerprint density at radius 3 is 2.85 bits per heavy atom. The number of amides is 1. The number of carbonyl (C=O) groups is 1. The van der Waals surface area contributed by atoms with E-state index in [1.165, 1.54) is 27.7 Å². The van der Waals surface area contributed by atoms with Crippen molar-refractivity contribution in [3.05, 3.63) is 34.5 Å². The Balaban J connectivity index is 2.31. The van der Waals surface area contributed by atoms with Gasteiger partial charge in [0.05, 0.1) is 16.7 Å². The normalized spacial score (nSPS) is 14.6. The fraction of sp³-hybridized carbons (Fsp3) is 0.444. The minimum absolute atomic E-state index is 0.0341. The quantitative estimate of drug-likeness (QED) is 0.446. The number of rotatable bonds is 7. The van der Waals surface area contributed by atoms with Crippen LogP contribution >= 0.6 is 23.1 Å². The summed E-state index contributed by atoms with van der Waals surface area (Å²) in [5.74, 6) is -0.299. The monoisotopic (exact) mass is 390 g/mol. The van der Waals surface area contributed by atoms with Gasteiger partial charge in [-0.15, -0.1) is 17.9 Å². The molecular weight excluding hydrogens is 368 g/mol. The molecule has 0 spiro atoms. The summed E-state index contributed by atoms with van der Waals surface area (Å²) in [6, 6.07) is 3.92. The Bertz CT molecular complexity index is 925. The lowest BCUT2D eigenvalue weighted by molar-refractivity contribution is -0.121. The molecule has 0 saturated carbocycles. The molecule has 0 fully saturated rings. The molecule has 2 aromatic rings. The van der Waals surface area contributed by atoms with Crippen molar-refractivity contribution in [2.24, 2.45) is 5.92 Å². The van der Waals surface area contributed by atoms with E-state index in [2.05, 4.69) is 22.9 Å². The Morgan fingerprint density at radius 2 is 2.27 bits per heavy atom. The number of nitrogens with zero attached hydrogens (tertiary/aromatic N) is 3. The Hall–Kier alpha value is -2.11. The maximum absolute atomic E-state index is 12.6. The third-order valence-corrected chi connectivity index (χ3v) is 6.18. The highest BCUT2D eigenvalue weighted by Gasteiger charge is 2.32. The van der Waals surface area contributed by atoms with E-state index in [1.54, 1.807) is 26.0 Å². The van der Waals surface area contributed by atoms with Crippen LogP contribution in [-0.2, 0) is 11.3 Å². The molecule has 1 amide bonds.